The lowest BCUT2D eigenvalue weighted by atomic mass is 10.1. The highest BCUT2D eigenvalue weighted by molar-refractivity contribution is 6.32. The topological polar surface area (TPSA) is 74.5 Å². The predicted octanol–water partition coefficient (Wildman–Crippen LogP) is 4.23. The highest BCUT2D eigenvalue weighted by atomic mass is 35.5. The number of benzene rings is 1. The maximum absolute atomic E-state index is 11.9. The predicted molar refractivity (Wildman–Crippen MR) is 90.2 cm³/mol. The van der Waals surface area contributed by atoms with Crippen LogP contribution in [0.25, 0.3) is 11.4 Å². The summed E-state index contributed by atoms with van der Waals surface area (Å²) in [6.45, 7) is 7.32. The SMILES string of the molecule is COc1cc(-c2noc([C@H](C)CC(=O)OC(C)(C)C)n2)ccc1Cl. The van der Waals surface area contributed by atoms with Crippen LogP contribution in [0.4, 0.5) is 0 Å². The zero-order valence-electron chi connectivity index (χ0n) is 14.4. The van der Waals surface area contributed by atoms with Crippen molar-refractivity contribution >= 4 is 17.6 Å². The van der Waals surface area contributed by atoms with Crippen molar-refractivity contribution in [2.75, 3.05) is 7.11 Å². The molecular weight excluding hydrogens is 332 g/mol. The largest absolute Gasteiger partial charge is 0.495 e. The minimum Gasteiger partial charge on any atom is -0.495 e. The Labute approximate surface area is 146 Å². The van der Waals surface area contributed by atoms with E-state index >= 15 is 0 Å². The van der Waals surface area contributed by atoms with Gasteiger partial charge in [0.1, 0.15) is 11.4 Å². The molecule has 7 heteroatoms. The number of hydrogen-bond acceptors (Lipinski definition) is 6. The van der Waals surface area contributed by atoms with Gasteiger partial charge in [-0.25, -0.2) is 0 Å². The summed E-state index contributed by atoms with van der Waals surface area (Å²) < 4.78 is 15.8. The minimum absolute atomic E-state index is 0.169. The van der Waals surface area contributed by atoms with Crippen LogP contribution in [-0.4, -0.2) is 28.8 Å². The van der Waals surface area contributed by atoms with Crippen LogP contribution in [0.3, 0.4) is 0 Å². The molecule has 0 saturated heterocycles. The van der Waals surface area contributed by atoms with Gasteiger partial charge >= 0.3 is 5.97 Å². The van der Waals surface area contributed by atoms with Crippen LogP contribution in [0.2, 0.25) is 5.02 Å². The van der Waals surface area contributed by atoms with Crippen molar-refractivity contribution in [2.24, 2.45) is 0 Å². The Balaban J connectivity index is 2.11. The fourth-order valence-electron chi connectivity index (χ4n) is 2.07. The Kier molecular flexibility index (Phi) is 5.49. The van der Waals surface area contributed by atoms with E-state index in [9.17, 15) is 4.79 Å². The van der Waals surface area contributed by atoms with E-state index in [0.29, 0.717) is 22.5 Å². The molecule has 0 N–H and O–H groups in total. The number of carbonyl (C=O) groups excluding carboxylic acids is 1. The molecule has 0 aliphatic rings. The fraction of sp³-hybridized carbons (Fsp3) is 0.471. The van der Waals surface area contributed by atoms with E-state index in [4.69, 9.17) is 25.6 Å². The van der Waals surface area contributed by atoms with E-state index in [1.54, 1.807) is 18.2 Å². The van der Waals surface area contributed by atoms with E-state index in [1.165, 1.54) is 7.11 Å². The van der Waals surface area contributed by atoms with Crippen LogP contribution in [0.15, 0.2) is 22.7 Å². The molecule has 0 unspecified atom stereocenters. The van der Waals surface area contributed by atoms with Gasteiger partial charge in [-0.05, 0) is 39.0 Å². The summed E-state index contributed by atoms with van der Waals surface area (Å²) in [5.41, 5.74) is 0.201. The molecule has 2 aromatic rings. The van der Waals surface area contributed by atoms with Gasteiger partial charge in [0.25, 0.3) is 0 Å². The first kappa shape index (κ1) is 18.3. The highest BCUT2D eigenvalue weighted by Gasteiger charge is 2.23. The second kappa shape index (κ2) is 7.21. The average molecular weight is 353 g/mol. The summed E-state index contributed by atoms with van der Waals surface area (Å²) in [5, 5.41) is 4.46. The molecule has 0 spiro atoms. The molecule has 0 aliphatic heterocycles. The summed E-state index contributed by atoms with van der Waals surface area (Å²) in [6, 6.07) is 5.21. The molecule has 0 fully saturated rings. The van der Waals surface area contributed by atoms with Crippen molar-refractivity contribution in [3.8, 4) is 17.1 Å². The van der Waals surface area contributed by atoms with Crippen molar-refractivity contribution in [3.63, 3.8) is 0 Å². The van der Waals surface area contributed by atoms with Gasteiger partial charge in [0.15, 0.2) is 0 Å². The number of ether oxygens (including phenoxy) is 2. The Morgan fingerprint density at radius 1 is 1.38 bits per heavy atom. The summed E-state index contributed by atoms with van der Waals surface area (Å²) in [7, 11) is 1.54. The average Bonchev–Trinajstić information content (AvgIpc) is 2.95. The summed E-state index contributed by atoms with van der Waals surface area (Å²) in [6.07, 6.45) is 0.169. The standard InChI is InChI=1S/C17H21ClN2O4/c1-10(8-14(21)23-17(2,3)4)16-19-15(20-24-16)11-6-7-12(18)13(9-11)22-5/h6-7,9-10H,8H2,1-5H3/t10-/m1/s1. The van der Waals surface area contributed by atoms with Crippen molar-refractivity contribution in [3.05, 3.63) is 29.1 Å². The highest BCUT2D eigenvalue weighted by Crippen LogP contribution is 2.30. The number of aromatic nitrogens is 2. The number of rotatable bonds is 5. The van der Waals surface area contributed by atoms with Gasteiger partial charge in [-0.1, -0.05) is 23.7 Å². The molecule has 0 aliphatic carbocycles. The second-order valence-corrected chi connectivity index (χ2v) is 6.90. The summed E-state index contributed by atoms with van der Waals surface area (Å²) >= 11 is 6.01. The first-order valence-electron chi connectivity index (χ1n) is 7.59. The molecule has 6 nitrogen and oxygen atoms in total. The van der Waals surface area contributed by atoms with E-state index in [1.807, 2.05) is 27.7 Å². The van der Waals surface area contributed by atoms with Crippen LogP contribution in [0.1, 0.15) is 45.9 Å². The molecule has 1 atom stereocenters. The number of carbonyl (C=O) groups is 1. The Morgan fingerprint density at radius 2 is 2.08 bits per heavy atom. The molecule has 1 heterocycles. The third-order valence-electron chi connectivity index (χ3n) is 3.17. The molecule has 0 saturated carbocycles. The number of nitrogens with zero attached hydrogens (tertiary/aromatic N) is 2. The molecule has 0 bridgehead atoms. The first-order valence-corrected chi connectivity index (χ1v) is 7.97. The minimum atomic E-state index is -0.517. The van der Waals surface area contributed by atoms with Crippen LogP contribution >= 0.6 is 11.6 Å². The Morgan fingerprint density at radius 3 is 2.71 bits per heavy atom. The smallest absolute Gasteiger partial charge is 0.307 e. The number of esters is 1. The van der Waals surface area contributed by atoms with E-state index in [-0.39, 0.29) is 18.3 Å². The zero-order chi connectivity index (χ0) is 17.9. The zero-order valence-corrected chi connectivity index (χ0v) is 15.2. The van der Waals surface area contributed by atoms with Gasteiger partial charge in [0.05, 0.1) is 18.6 Å². The van der Waals surface area contributed by atoms with E-state index < -0.39 is 5.60 Å². The van der Waals surface area contributed by atoms with E-state index in [0.717, 1.165) is 5.56 Å². The lowest BCUT2D eigenvalue weighted by Crippen LogP contribution is -2.24. The molecule has 0 amide bonds. The normalized spacial score (nSPS) is 12.8. The van der Waals surface area contributed by atoms with Crippen LogP contribution in [-0.2, 0) is 9.53 Å². The van der Waals surface area contributed by atoms with Gasteiger partial charge in [0, 0.05) is 11.5 Å². The lowest BCUT2D eigenvalue weighted by molar-refractivity contribution is -0.155. The molecule has 1 aromatic carbocycles. The van der Waals surface area contributed by atoms with Crippen LogP contribution < -0.4 is 4.74 Å². The van der Waals surface area contributed by atoms with Gasteiger partial charge in [-0.2, -0.15) is 4.98 Å². The Bertz CT molecular complexity index is 722. The monoisotopic (exact) mass is 352 g/mol. The summed E-state index contributed by atoms with van der Waals surface area (Å²) in [5.74, 6) is 0.779. The number of methoxy groups -OCH3 is 1. The fourth-order valence-corrected chi connectivity index (χ4v) is 2.27. The number of halogens is 1. The molecular formula is C17H21ClN2O4. The third-order valence-corrected chi connectivity index (χ3v) is 3.48. The van der Waals surface area contributed by atoms with Crippen molar-refractivity contribution in [1.82, 2.24) is 10.1 Å². The van der Waals surface area contributed by atoms with Crippen molar-refractivity contribution in [2.45, 2.75) is 45.6 Å². The van der Waals surface area contributed by atoms with Crippen molar-refractivity contribution in [1.29, 1.82) is 0 Å². The third kappa shape index (κ3) is 4.71. The molecule has 130 valence electrons. The van der Waals surface area contributed by atoms with Gasteiger partial charge in [0.2, 0.25) is 11.7 Å². The second-order valence-electron chi connectivity index (χ2n) is 6.50. The molecule has 24 heavy (non-hydrogen) atoms. The van der Waals surface area contributed by atoms with Crippen molar-refractivity contribution < 1.29 is 18.8 Å². The van der Waals surface area contributed by atoms with Crippen LogP contribution in [0.5, 0.6) is 5.75 Å². The first-order chi connectivity index (χ1) is 11.2. The quantitative estimate of drug-likeness (QED) is 0.749. The molecule has 1 aromatic heterocycles. The van der Waals surface area contributed by atoms with Gasteiger partial charge in [-0.3, -0.25) is 4.79 Å². The number of hydrogen-bond donors (Lipinski definition) is 0. The van der Waals surface area contributed by atoms with E-state index in [2.05, 4.69) is 10.1 Å². The van der Waals surface area contributed by atoms with Gasteiger partial charge < -0.3 is 14.0 Å². The molecule has 0 radical (unpaired) electrons. The summed E-state index contributed by atoms with van der Waals surface area (Å²) in [4.78, 5) is 16.2. The maximum Gasteiger partial charge on any atom is 0.307 e. The lowest BCUT2D eigenvalue weighted by Gasteiger charge is -2.20. The molecule has 2 rings (SSSR count). The van der Waals surface area contributed by atoms with Crippen LogP contribution in [0, 0.1) is 0 Å². The maximum atomic E-state index is 11.9. The van der Waals surface area contributed by atoms with Gasteiger partial charge in [-0.15, -0.1) is 0 Å². The Hall–Kier alpha value is -2.08.